The molecule has 480 valence electrons. The molecule has 0 saturated carbocycles. The second-order valence-electron chi connectivity index (χ2n) is 24.1. The molecule has 0 aromatic heterocycles. The fraction of sp³-hybridized carbons (Fsp3) is 0.779. The minimum Gasteiger partial charge on any atom is -0.462 e. The van der Waals surface area contributed by atoms with Crippen molar-refractivity contribution in [3.63, 3.8) is 0 Å². The fourth-order valence-corrected chi connectivity index (χ4v) is 10.5. The number of esters is 3. The lowest BCUT2D eigenvalue weighted by Gasteiger charge is -2.18. The molecule has 0 saturated heterocycles. The summed E-state index contributed by atoms with van der Waals surface area (Å²) in [7, 11) is 0. The Bertz CT molecular complexity index is 1570. The molecule has 0 heterocycles. The molecule has 0 aliphatic carbocycles. The van der Waals surface area contributed by atoms with Gasteiger partial charge in [0, 0.05) is 19.3 Å². The Morgan fingerprint density at radius 2 is 0.470 bits per heavy atom. The van der Waals surface area contributed by atoms with Crippen molar-refractivity contribution in [3.05, 3.63) is 85.1 Å². The maximum absolute atomic E-state index is 12.9. The van der Waals surface area contributed by atoms with E-state index in [2.05, 4.69) is 106 Å². The van der Waals surface area contributed by atoms with E-state index in [4.69, 9.17) is 14.2 Å². The van der Waals surface area contributed by atoms with Crippen LogP contribution in [0.2, 0.25) is 0 Å². The molecule has 0 aliphatic heterocycles. The van der Waals surface area contributed by atoms with Crippen LogP contribution in [0.5, 0.6) is 0 Å². The molecule has 6 heteroatoms. The van der Waals surface area contributed by atoms with Crippen molar-refractivity contribution < 1.29 is 28.6 Å². The number of carbonyl (C=O) groups is 3. The van der Waals surface area contributed by atoms with Gasteiger partial charge in [0.2, 0.25) is 0 Å². The zero-order valence-electron chi connectivity index (χ0n) is 55.2. The summed E-state index contributed by atoms with van der Waals surface area (Å²) in [5, 5.41) is 0. The molecule has 0 aliphatic rings. The van der Waals surface area contributed by atoms with Gasteiger partial charge < -0.3 is 14.2 Å². The number of ether oxygens (including phenoxy) is 3. The summed E-state index contributed by atoms with van der Waals surface area (Å²) >= 11 is 0. The monoisotopic (exact) mass is 1160 g/mol. The van der Waals surface area contributed by atoms with Crippen LogP contribution < -0.4 is 0 Å². The zero-order chi connectivity index (χ0) is 59.9. The molecule has 0 fully saturated rings. The van der Waals surface area contributed by atoms with Crippen LogP contribution in [0.15, 0.2) is 85.1 Å². The lowest BCUT2D eigenvalue weighted by Crippen LogP contribution is -2.30. The van der Waals surface area contributed by atoms with Crippen molar-refractivity contribution in [2.24, 2.45) is 0 Å². The lowest BCUT2D eigenvalue weighted by atomic mass is 10.0. The summed E-state index contributed by atoms with van der Waals surface area (Å²) in [6, 6.07) is 0. The Morgan fingerprint density at radius 1 is 0.253 bits per heavy atom. The molecule has 1 unspecified atom stereocenters. The quantitative estimate of drug-likeness (QED) is 0.0261. The van der Waals surface area contributed by atoms with Gasteiger partial charge in [-0.15, -0.1) is 0 Å². The van der Waals surface area contributed by atoms with E-state index >= 15 is 0 Å². The van der Waals surface area contributed by atoms with Crippen LogP contribution in [0.1, 0.15) is 367 Å². The Hall–Kier alpha value is -3.41. The molecule has 0 radical (unpaired) electrons. The summed E-state index contributed by atoms with van der Waals surface area (Å²) in [5.74, 6) is -0.891. The van der Waals surface area contributed by atoms with Crippen molar-refractivity contribution in [3.8, 4) is 0 Å². The standard InChI is InChI=1S/C77H136O6/c1-4-7-10-13-16-18-20-22-24-26-28-30-32-34-36-37-38-39-41-42-44-46-48-50-52-54-56-58-61-64-67-70-76(79)82-73-74(72-81-75(78)69-66-63-60-15-12-9-6-3)83-77(80)71-68-65-62-59-57-55-53-51-49-47-45-43-40-35-33-31-29-27-25-23-21-19-17-14-11-8-5-2/h8,11,17,19,23,25,29,31,35,40,45,47,51,53,74H,4-7,9-10,12-16,18,20-22,24,26-28,30,32-34,36-39,41-44,46,48-50,52,54-73H2,1-3H3/b11-8-,19-17-,25-23-,31-29-,40-35-,47-45-,53-51-. The fourth-order valence-electron chi connectivity index (χ4n) is 10.5. The molecule has 0 aromatic carbocycles. The second-order valence-corrected chi connectivity index (χ2v) is 24.1. The van der Waals surface area contributed by atoms with Crippen molar-refractivity contribution in [2.75, 3.05) is 13.2 Å². The van der Waals surface area contributed by atoms with E-state index in [0.29, 0.717) is 19.3 Å². The van der Waals surface area contributed by atoms with Crippen LogP contribution in [0, 0.1) is 0 Å². The normalized spacial score (nSPS) is 12.6. The molecule has 0 bridgehead atoms. The van der Waals surface area contributed by atoms with Gasteiger partial charge in [-0.2, -0.15) is 0 Å². The average Bonchev–Trinajstić information content (AvgIpc) is 3.49. The Kier molecular flexibility index (Phi) is 68.2. The summed E-state index contributed by atoms with van der Waals surface area (Å²) < 4.78 is 16.9. The molecule has 0 amide bonds. The highest BCUT2D eigenvalue weighted by molar-refractivity contribution is 5.71. The van der Waals surface area contributed by atoms with Crippen LogP contribution >= 0.6 is 0 Å². The highest BCUT2D eigenvalue weighted by atomic mass is 16.6. The van der Waals surface area contributed by atoms with Gasteiger partial charge in [-0.1, -0.05) is 356 Å². The predicted molar refractivity (Wildman–Crippen MR) is 362 cm³/mol. The number of rotatable bonds is 66. The molecule has 1 atom stereocenters. The van der Waals surface area contributed by atoms with Gasteiger partial charge in [0.1, 0.15) is 13.2 Å². The van der Waals surface area contributed by atoms with E-state index in [1.165, 1.54) is 205 Å². The molecule has 0 rings (SSSR count). The molecule has 0 N–H and O–H groups in total. The summed E-state index contributed by atoms with van der Waals surface area (Å²) in [5.41, 5.74) is 0. The topological polar surface area (TPSA) is 78.9 Å². The Balaban J connectivity index is 4.07. The van der Waals surface area contributed by atoms with Crippen molar-refractivity contribution in [1.82, 2.24) is 0 Å². The third-order valence-corrected chi connectivity index (χ3v) is 15.9. The maximum Gasteiger partial charge on any atom is 0.306 e. The van der Waals surface area contributed by atoms with Crippen LogP contribution in [0.25, 0.3) is 0 Å². The van der Waals surface area contributed by atoms with E-state index in [1.54, 1.807) is 0 Å². The largest absolute Gasteiger partial charge is 0.462 e. The minimum absolute atomic E-state index is 0.0808. The minimum atomic E-state index is -0.785. The van der Waals surface area contributed by atoms with Crippen molar-refractivity contribution in [2.45, 2.75) is 374 Å². The Labute approximate surface area is 515 Å². The van der Waals surface area contributed by atoms with Gasteiger partial charge in [0.05, 0.1) is 0 Å². The molecule has 83 heavy (non-hydrogen) atoms. The van der Waals surface area contributed by atoms with E-state index in [9.17, 15) is 14.4 Å². The van der Waals surface area contributed by atoms with Crippen molar-refractivity contribution in [1.29, 1.82) is 0 Å². The molecular weight excluding hydrogens is 1020 g/mol. The summed E-state index contributed by atoms with van der Waals surface area (Å²) in [4.78, 5) is 38.2. The van der Waals surface area contributed by atoms with Gasteiger partial charge in [0.25, 0.3) is 0 Å². The first kappa shape index (κ1) is 79.6. The molecule has 0 spiro atoms. The van der Waals surface area contributed by atoms with Crippen molar-refractivity contribution >= 4 is 17.9 Å². The third kappa shape index (κ3) is 69.3. The predicted octanol–water partition coefficient (Wildman–Crippen LogP) is 25.0. The van der Waals surface area contributed by atoms with Gasteiger partial charge in [0.15, 0.2) is 6.10 Å². The molecular formula is C77H136O6. The highest BCUT2D eigenvalue weighted by Gasteiger charge is 2.19. The molecule has 6 nitrogen and oxygen atoms in total. The summed E-state index contributed by atoms with van der Waals surface area (Å²) in [6.07, 6.45) is 95.1. The highest BCUT2D eigenvalue weighted by Crippen LogP contribution is 2.18. The van der Waals surface area contributed by atoms with Gasteiger partial charge in [-0.3, -0.25) is 14.4 Å². The van der Waals surface area contributed by atoms with Gasteiger partial charge in [-0.25, -0.2) is 0 Å². The number of unbranched alkanes of at least 4 members (excludes halogenated alkanes) is 41. The average molecular weight is 1160 g/mol. The SMILES string of the molecule is CC/C=C\C/C=C\C/C=C\C/C=C\C/C=C\C/C=C\C/C=C\CCCCCCCC(=O)OC(COC(=O)CCCCCCCCC)COC(=O)CCCCCCCCCCCCCCCCCCCCCCCCCCCCCCCCC. The number of carbonyl (C=O) groups excluding carboxylic acids is 3. The first-order valence-electron chi connectivity index (χ1n) is 36.1. The first-order chi connectivity index (χ1) is 41.0. The van der Waals surface area contributed by atoms with Crippen LogP contribution in [0.4, 0.5) is 0 Å². The maximum atomic E-state index is 12.9. The van der Waals surface area contributed by atoms with Crippen LogP contribution in [-0.2, 0) is 28.6 Å². The Morgan fingerprint density at radius 3 is 0.735 bits per heavy atom. The third-order valence-electron chi connectivity index (χ3n) is 15.9. The number of hydrogen-bond acceptors (Lipinski definition) is 6. The number of allylic oxidation sites excluding steroid dienone is 14. The van der Waals surface area contributed by atoms with E-state index < -0.39 is 6.10 Å². The first-order valence-corrected chi connectivity index (χ1v) is 36.1. The van der Waals surface area contributed by atoms with Gasteiger partial charge in [-0.05, 0) is 77.0 Å². The van der Waals surface area contributed by atoms with Crippen LogP contribution in [0.3, 0.4) is 0 Å². The number of hydrogen-bond donors (Lipinski definition) is 0. The molecule has 0 aromatic rings. The lowest BCUT2D eigenvalue weighted by molar-refractivity contribution is -0.167. The smallest absolute Gasteiger partial charge is 0.306 e. The summed E-state index contributed by atoms with van der Waals surface area (Å²) in [6.45, 7) is 6.52. The van der Waals surface area contributed by atoms with E-state index in [0.717, 1.165) is 122 Å². The zero-order valence-corrected chi connectivity index (χ0v) is 55.2. The second kappa shape index (κ2) is 71.1. The van der Waals surface area contributed by atoms with E-state index in [1.807, 2.05) is 0 Å². The van der Waals surface area contributed by atoms with Gasteiger partial charge >= 0.3 is 17.9 Å². The van der Waals surface area contributed by atoms with E-state index in [-0.39, 0.29) is 31.1 Å². The van der Waals surface area contributed by atoms with Crippen LogP contribution in [-0.4, -0.2) is 37.2 Å².